The maximum absolute atomic E-state index is 13.2. The van der Waals surface area contributed by atoms with Gasteiger partial charge in [0, 0.05) is 23.2 Å². The average molecular weight is 483 g/mol. The first-order chi connectivity index (χ1) is 17.7. The molecule has 2 aromatic carbocycles. The van der Waals surface area contributed by atoms with Crippen LogP contribution in [0.4, 0.5) is 17.2 Å². The van der Waals surface area contributed by atoms with Crippen molar-refractivity contribution in [1.29, 1.82) is 0 Å². The largest absolute Gasteiger partial charge is 0.459 e. The van der Waals surface area contributed by atoms with Crippen molar-refractivity contribution in [2.75, 3.05) is 49.5 Å². The first-order valence-electron chi connectivity index (χ1n) is 12.4. The molecule has 4 heterocycles. The third-order valence-corrected chi connectivity index (χ3v) is 7.05. The van der Waals surface area contributed by atoms with Crippen LogP contribution in [0.15, 0.2) is 77.4 Å². The van der Waals surface area contributed by atoms with Gasteiger partial charge in [-0.15, -0.1) is 0 Å². The lowest BCUT2D eigenvalue weighted by Crippen LogP contribution is -3.15. The van der Waals surface area contributed by atoms with Gasteiger partial charge in [-0.25, -0.2) is 4.98 Å². The molecule has 2 aliphatic heterocycles. The zero-order valence-corrected chi connectivity index (χ0v) is 19.9. The Kier molecular flexibility index (Phi) is 5.87. The normalized spacial score (nSPS) is 15.8. The minimum Gasteiger partial charge on any atom is -0.459 e. The minimum atomic E-state index is -0.0923. The van der Waals surface area contributed by atoms with E-state index in [-0.39, 0.29) is 11.8 Å². The van der Waals surface area contributed by atoms with Gasteiger partial charge in [0.25, 0.3) is 11.8 Å². The topological polar surface area (TPSA) is 83.1 Å². The van der Waals surface area contributed by atoms with Crippen LogP contribution in [0.5, 0.6) is 0 Å². The number of carbonyl (C=O) groups is 2. The van der Waals surface area contributed by atoms with Crippen molar-refractivity contribution in [2.24, 2.45) is 0 Å². The quantitative estimate of drug-likeness (QED) is 0.457. The number of fused-ring (bicyclic) bond motifs is 2. The highest BCUT2D eigenvalue weighted by atomic mass is 16.3. The molecule has 0 atom stereocenters. The number of hydrogen-bond donors (Lipinski definition) is 2. The van der Waals surface area contributed by atoms with Crippen LogP contribution in [0, 0.1) is 0 Å². The fourth-order valence-corrected chi connectivity index (χ4v) is 5.20. The molecule has 0 bridgehead atoms. The number of rotatable bonds is 5. The number of hydrogen-bond acceptors (Lipinski definition) is 5. The first-order valence-corrected chi connectivity index (χ1v) is 12.4. The second kappa shape index (κ2) is 9.47. The van der Waals surface area contributed by atoms with Gasteiger partial charge in [0.15, 0.2) is 12.3 Å². The van der Waals surface area contributed by atoms with Gasteiger partial charge in [-0.3, -0.25) is 9.59 Å². The van der Waals surface area contributed by atoms with E-state index < -0.39 is 0 Å². The number of furan rings is 1. The Morgan fingerprint density at radius 1 is 0.944 bits per heavy atom. The third kappa shape index (κ3) is 4.20. The van der Waals surface area contributed by atoms with E-state index in [0.717, 1.165) is 64.6 Å². The number of anilines is 3. The summed E-state index contributed by atoms with van der Waals surface area (Å²) in [5.74, 6) is 1.16. The molecule has 2 aromatic heterocycles. The Labute approximate surface area is 209 Å². The van der Waals surface area contributed by atoms with Crippen LogP contribution in [0.25, 0.3) is 10.9 Å². The smallest absolute Gasteiger partial charge is 0.289 e. The number of quaternary nitrogens is 1. The molecular formula is C28H28N5O3+. The molecular weight excluding hydrogens is 454 g/mol. The van der Waals surface area contributed by atoms with Gasteiger partial charge in [-0.2, -0.15) is 0 Å². The molecule has 2 aliphatic rings. The SMILES string of the molecule is O=C(C[NH+]1CCN(C(=O)c2ccco2)CC1)Nc1c2c(nc3ccccc13)N(c1ccccc1)CC2. The van der Waals surface area contributed by atoms with Crippen molar-refractivity contribution >= 4 is 39.9 Å². The molecule has 1 saturated heterocycles. The summed E-state index contributed by atoms with van der Waals surface area (Å²) in [6.45, 7) is 3.82. The van der Waals surface area contributed by atoms with Crippen LogP contribution >= 0.6 is 0 Å². The van der Waals surface area contributed by atoms with E-state index in [1.54, 1.807) is 17.0 Å². The lowest BCUT2D eigenvalue weighted by Gasteiger charge is -2.31. The van der Waals surface area contributed by atoms with Crippen molar-refractivity contribution < 1.29 is 18.9 Å². The van der Waals surface area contributed by atoms with Crippen molar-refractivity contribution in [3.63, 3.8) is 0 Å². The molecule has 6 rings (SSSR count). The van der Waals surface area contributed by atoms with Gasteiger partial charge >= 0.3 is 0 Å². The number of pyridine rings is 1. The van der Waals surface area contributed by atoms with E-state index in [0.29, 0.717) is 25.4 Å². The van der Waals surface area contributed by atoms with E-state index in [4.69, 9.17) is 9.40 Å². The van der Waals surface area contributed by atoms with E-state index in [1.807, 2.05) is 42.5 Å². The summed E-state index contributed by atoms with van der Waals surface area (Å²) >= 11 is 0. The molecule has 2 N–H and O–H groups in total. The summed E-state index contributed by atoms with van der Waals surface area (Å²) in [6, 6.07) is 21.6. The average Bonchev–Trinajstić information content (AvgIpc) is 3.60. The Morgan fingerprint density at radius 3 is 2.50 bits per heavy atom. The van der Waals surface area contributed by atoms with Crippen LogP contribution < -0.4 is 15.1 Å². The molecule has 8 nitrogen and oxygen atoms in total. The van der Waals surface area contributed by atoms with E-state index in [9.17, 15) is 9.59 Å². The number of aromatic nitrogens is 1. The van der Waals surface area contributed by atoms with Crippen molar-refractivity contribution in [3.8, 4) is 0 Å². The molecule has 36 heavy (non-hydrogen) atoms. The molecule has 0 radical (unpaired) electrons. The second-order valence-electron chi connectivity index (χ2n) is 9.29. The summed E-state index contributed by atoms with van der Waals surface area (Å²) in [5, 5.41) is 4.20. The molecule has 2 amide bonds. The fraction of sp³-hybridized carbons (Fsp3) is 0.250. The van der Waals surface area contributed by atoms with Crippen LogP contribution in [0.2, 0.25) is 0 Å². The predicted molar refractivity (Wildman–Crippen MR) is 138 cm³/mol. The Morgan fingerprint density at radius 2 is 1.72 bits per heavy atom. The first kappa shape index (κ1) is 22.3. The summed E-state index contributed by atoms with van der Waals surface area (Å²) in [7, 11) is 0. The highest BCUT2D eigenvalue weighted by Crippen LogP contribution is 2.40. The number of benzene rings is 2. The van der Waals surface area contributed by atoms with Crippen LogP contribution in [-0.4, -0.2) is 61.0 Å². The number of nitrogens with zero attached hydrogens (tertiary/aromatic N) is 3. The van der Waals surface area contributed by atoms with Gasteiger partial charge < -0.3 is 24.4 Å². The molecule has 1 fully saturated rings. The number of piperazine rings is 1. The van der Waals surface area contributed by atoms with Crippen LogP contribution in [0.3, 0.4) is 0 Å². The zero-order valence-electron chi connectivity index (χ0n) is 19.9. The van der Waals surface area contributed by atoms with E-state index >= 15 is 0 Å². The molecule has 4 aromatic rings. The molecule has 182 valence electrons. The van der Waals surface area contributed by atoms with Gasteiger partial charge in [0.1, 0.15) is 5.82 Å². The zero-order chi connectivity index (χ0) is 24.5. The molecule has 0 saturated carbocycles. The number of para-hydroxylation sites is 2. The molecule has 0 unspecified atom stereocenters. The van der Waals surface area contributed by atoms with Gasteiger partial charge in [-0.1, -0.05) is 36.4 Å². The molecule has 8 heteroatoms. The predicted octanol–water partition coefficient (Wildman–Crippen LogP) is 2.50. The van der Waals surface area contributed by atoms with Crippen molar-refractivity contribution in [2.45, 2.75) is 6.42 Å². The minimum absolute atomic E-state index is 0.0208. The van der Waals surface area contributed by atoms with Gasteiger partial charge in [-0.05, 0) is 36.8 Å². The molecule has 0 spiro atoms. The monoisotopic (exact) mass is 482 g/mol. The van der Waals surface area contributed by atoms with Crippen molar-refractivity contribution in [1.82, 2.24) is 9.88 Å². The fourth-order valence-electron chi connectivity index (χ4n) is 5.20. The van der Waals surface area contributed by atoms with Gasteiger partial charge in [0.05, 0.1) is 43.6 Å². The highest BCUT2D eigenvalue weighted by Gasteiger charge is 2.30. The standard InChI is InChI=1S/C28H27N5O3/c34-25(19-31-14-16-32(17-15-31)28(35)24-11-6-18-36-24)30-26-21-9-4-5-10-23(21)29-27-22(26)12-13-33(27)20-7-2-1-3-8-20/h1-11,18H,12-17,19H2,(H,29,30,34)/p+1. The second-order valence-corrected chi connectivity index (χ2v) is 9.29. The molecule has 0 aliphatic carbocycles. The van der Waals surface area contributed by atoms with E-state index in [2.05, 4.69) is 22.3 Å². The number of nitrogens with one attached hydrogen (secondary N) is 2. The number of amides is 2. The van der Waals surface area contributed by atoms with E-state index in [1.165, 1.54) is 6.26 Å². The maximum atomic E-state index is 13.2. The summed E-state index contributed by atoms with van der Waals surface area (Å²) in [6.07, 6.45) is 2.33. The summed E-state index contributed by atoms with van der Waals surface area (Å²) < 4.78 is 5.24. The van der Waals surface area contributed by atoms with Crippen LogP contribution in [-0.2, 0) is 11.2 Å². The summed E-state index contributed by atoms with van der Waals surface area (Å²) in [5.41, 5.74) is 3.91. The third-order valence-electron chi connectivity index (χ3n) is 7.05. The number of carbonyl (C=O) groups excluding carboxylic acids is 2. The van der Waals surface area contributed by atoms with Crippen molar-refractivity contribution in [3.05, 3.63) is 84.3 Å². The Balaban J connectivity index is 1.18. The lowest BCUT2D eigenvalue weighted by molar-refractivity contribution is -0.895. The maximum Gasteiger partial charge on any atom is 0.289 e. The van der Waals surface area contributed by atoms with Gasteiger partial charge in [0.2, 0.25) is 0 Å². The highest BCUT2D eigenvalue weighted by molar-refractivity contribution is 6.04. The van der Waals surface area contributed by atoms with Crippen LogP contribution in [0.1, 0.15) is 16.1 Å². The lowest BCUT2D eigenvalue weighted by atomic mass is 10.1. The Hall–Kier alpha value is -4.17. The summed E-state index contributed by atoms with van der Waals surface area (Å²) in [4.78, 5) is 35.9. The Bertz CT molecular complexity index is 1400.